The molecule has 22 heavy (non-hydrogen) atoms. The lowest BCUT2D eigenvalue weighted by Crippen LogP contribution is -2.50. The van der Waals surface area contributed by atoms with E-state index in [1.807, 2.05) is 32.0 Å². The summed E-state index contributed by atoms with van der Waals surface area (Å²) in [6.45, 7) is 12.2. The molecular weight excluding hydrogens is 274 g/mol. The van der Waals surface area contributed by atoms with E-state index in [1.165, 1.54) is 0 Å². The molecule has 0 aromatic heterocycles. The summed E-state index contributed by atoms with van der Waals surface area (Å²) in [6, 6.07) is 10.2. The van der Waals surface area contributed by atoms with Crippen LogP contribution >= 0.6 is 0 Å². The van der Waals surface area contributed by atoms with Crippen LogP contribution < -0.4 is 10.6 Å². The van der Waals surface area contributed by atoms with Crippen molar-refractivity contribution in [3.05, 3.63) is 29.8 Å². The van der Waals surface area contributed by atoms with Gasteiger partial charge in [-0.2, -0.15) is 5.26 Å². The van der Waals surface area contributed by atoms with E-state index >= 15 is 0 Å². The van der Waals surface area contributed by atoms with Gasteiger partial charge in [0, 0.05) is 5.69 Å². The maximum absolute atomic E-state index is 12.1. The Morgan fingerprint density at radius 1 is 1.23 bits per heavy atom. The number of para-hydroxylation sites is 1. The topological polar surface area (TPSA) is 64.9 Å². The van der Waals surface area contributed by atoms with Crippen molar-refractivity contribution < 1.29 is 4.79 Å². The number of benzene rings is 1. The second-order valence-electron chi connectivity index (χ2n) is 7.17. The van der Waals surface area contributed by atoms with Gasteiger partial charge >= 0.3 is 0 Å². The van der Waals surface area contributed by atoms with Gasteiger partial charge in [0.25, 0.3) is 0 Å². The van der Waals surface area contributed by atoms with Crippen molar-refractivity contribution >= 4 is 11.6 Å². The molecule has 0 aliphatic carbocycles. The molecule has 0 fully saturated rings. The van der Waals surface area contributed by atoms with Gasteiger partial charge in [0.2, 0.25) is 5.91 Å². The second-order valence-corrected chi connectivity index (χ2v) is 7.17. The Kier molecular flexibility index (Phi) is 5.59. The van der Waals surface area contributed by atoms with Crippen LogP contribution in [0.3, 0.4) is 0 Å². The molecule has 0 heterocycles. The number of carbonyl (C=O) groups is 1. The molecule has 1 aromatic rings. The highest BCUT2D eigenvalue weighted by Gasteiger charge is 2.29. The number of rotatable bonds is 5. The third-order valence-electron chi connectivity index (χ3n) is 3.96. The van der Waals surface area contributed by atoms with Gasteiger partial charge in [-0.1, -0.05) is 52.8 Å². The van der Waals surface area contributed by atoms with Gasteiger partial charge in [-0.25, -0.2) is 0 Å². The monoisotopic (exact) mass is 301 g/mol. The Bertz CT molecular complexity index is 566. The standard InChI is InChI=1S/C18H27N3O/c1-13(2)18(6,12-19)21-16(22)11-20-15-10-8-7-9-14(15)17(3,4)5/h7-10,13,20H,11H2,1-6H3,(H,21,22). The molecule has 1 rings (SSSR count). The molecule has 0 radical (unpaired) electrons. The quantitative estimate of drug-likeness (QED) is 0.875. The minimum atomic E-state index is -0.845. The lowest BCUT2D eigenvalue weighted by molar-refractivity contribution is -0.121. The Balaban J connectivity index is 2.76. The minimum Gasteiger partial charge on any atom is -0.376 e. The zero-order chi connectivity index (χ0) is 17.0. The molecule has 4 heteroatoms. The third kappa shape index (κ3) is 4.49. The van der Waals surface area contributed by atoms with Crippen LogP contribution in [0.1, 0.15) is 47.1 Å². The van der Waals surface area contributed by atoms with E-state index in [1.54, 1.807) is 6.92 Å². The van der Waals surface area contributed by atoms with E-state index in [9.17, 15) is 10.1 Å². The summed E-state index contributed by atoms with van der Waals surface area (Å²) < 4.78 is 0. The molecule has 0 bridgehead atoms. The molecule has 0 saturated heterocycles. The predicted molar refractivity (Wildman–Crippen MR) is 90.6 cm³/mol. The van der Waals surface area contributed by atoms with Crippen molar-refractivity contribution in [3.63, 3.8) is 0 Å². The maximum atomic E-state index is 12.1. The van der Waals surface area contributed by atoms with Gasteiger partial charge in [-0.3, -0.25) is 4.79 Å². The maximum Gasteiger partial charge on any atom is 0.240 e. The largest absolute Gasteiger partial charge is 0.376 e. The van der Waals surface area contributed by atoms with Crippen LogP contribution in [0.25, 0.3) is 0 Å². The van der Waals surface area contributed by atoms with E-state index in [0.29, 0.717) is 0 Å². The number of nitriles is 1. The first-order chi connectivity index (χ1) is 10.1. The van der Waals surface area contributed by atoms with Crippen molar-refractivity contribution in [2.45, 2.75) is 52.5 Å². The van der Waals surface area contributed by atoms with Gasteiger partial charge in [0.05, 0.1) is 12.6 Å². The predicted octanol–water partition coefficient (Wildman–Crippen LogP) is 3.45. The van der Waals surface area contributed by atoms with Crippen LogP contribution in [0, 0.1) is 17.2 Å². The van der Waals surface area contributed by atoms with E-state index in [4.69, 9.17) is 0 Å². The SMILES string of the molecule is CC(C)C(C)(C#N)NC(=O)CNc1ccccc1C(C)(C)C. The zero-order valence-corrected chi connectivity index (χ0v) is 14.4. The Morgan fingerprint density at radius 3 is 2.32 bits per heavy atom. The average molecular weight is 301 g/mol. The van der Waals surface area contributed by atoms with Crippen molar-refractivity contribution in [1.29, 1.82) is 5.26 Å². The highest BCUT2D eigenvalue weighted by molar-refractivity contribution is 5.82. The fraction of sp³-hybridized carbons (Fsp3) is 0.556. The average Bonchev–Trinajstić information content (AvgIpc) is 2.44. The summed E-state index contributed by atoms with van der Waals surface area (Å²) in [6.07, 6.45) is 0. The number of carbonyl (C=O) groups excluding carboxylic acids is 1. The summed E-state index contributed by atoms with van der Waals surface area (Å²) >= 11 is 0. The molecule has 4 nitrogen and oxygen atoms in total. The second kappa shape index (κ2) is 6.83. The molecular formula is C18H27N3O. The number of hydrogen-bond acceptors (Lipinski definition) is 3. The van der Waals surface area contributed by atoms with Crippen LogP contribution in [-0.4, -0.2) is 18.0 Å². The molecule has 1 aromatic carbocycles. The molecule has 120 valence electrons. The fourth-order valence-corrected chi connectivity index (χ4v) is 2.10. The van der Waals surface area contributed by atoms with Gasteiger partial charge in [0.15, 0.2) is 0 Å². The van der Waals surface area contributed by atoms with Gasteiger partial charge in [-0.05, 0) is 29.9 Å². The van der Waals surface area contributed by atoms with E-state index in [0.717, 1.165) is 11.3 Å². The van der Waals surface area contributed by atoms with Crippen LogP contribution in [0.5, 0.6) is 0 Å². The Hall–Kier alpha value is -2.02. The molecule has 0 spiro atoms. The first-order valence-electron chi connectivity index (χ1n) is 7.66. The number of anilines is 1. The summed E-state index contributed by atoms with van der Waals surface area (Å²) in [5.74, 6) is -0.134. The van der Waals surface area contributed by atoms with Crippen LogP contribution in [0.15, 0.2) is 24.3 Å². The van der Waals surface area contributed by atoms with Crippen LogP contribution in [0.4, 0.5) is 5.69 Å². The zero-order valence-electron chi connectivity index (χ0n) is 14.4. The molecule has 1 amide bonds. The van der Waals surface area contributed by atoms with E-state index in [2.05, 4.69) is 43.5 Å². The van der Waals surface area contributed by atoms with Crippen molar-refractivity contribution in [2.75, 3.05) is 11.9 Å². The molecule has 1 unspecified atom stereocenters. The molecule has 0 aliphatic rings. The number of amides is 1. The highest BCUT2D eigenvalue weighted by Crippen LogP contribution is 2.29. The van der Waals surface area contributed by atoms with E-state index in [-0.39, 0.29) is 23.8 Å². The van der Waals surface area contributed by atoms with Crippen LogP contribution in [0.2, 0.25) is 0 Å². The minimum absolute atomic E-state index is 0.000823. The van der Waals surface area contributed by atoms with Gasteiger partial charge < -0.3 is 10.6 Å². The first kappa shape index (κ1) is 18.0. The van der Waals surface area contributed by atoms with Crippen molar-refractivity contribution in [1.82, 2.24) is 5.32 Å². The fourth-order valence-electron chi connectivity index (χ4n) is 2.10. The smallest absolute Gasteiger partial charge is 0.240 e. The molecule has 2 N–H and O–H groups in total. The molecule has 1 atom stereocenters. The highest BCUT2D eigenvalue weighted by atomic mass is 16.2. The Labute approximate surface area is 133 Å². The van der Waals surface area contributed by atoms with Crippen LogP contribution in [-0.2, 0) is 10.2 Å². The number of nitrogens with one attached hydrogen (secondary N) is 2. The summed E-state index contributed by atoms with van der Waals surface area (Å²) in [5.41, 5.74) is 1.27. The van der Waals surface area contributed by atoms with Gasteiger partial charge in [0.1, 0.15) is 5.54 Å². The number of nitrogens with zero attached hydrogens (tertiary/aromatic N) is 1. The lowest BCUT2D eigenvalue weighted by Gasteiger charge is -2.28. The normalized spacial score (nSPS) is 14.1. The Morgan fingerprint density at radius 2 is 1.82 bits per heavy atom. The van der Waals surface area contributed by atoms with Gasteiger partial charge in [-0.15, -0.1) is 0 Å². The summed E-state index contributed by atoms with van der Waals surface area (Å²) in [7, 11) is 0. The first-order valence-corrected chi connectivity index (χ1v) is 7.66. The van der Waals surface area contributed by atoms with E-state index < -0.39 is 5.54 Å². The van der Waals surface area contributed by atoms with Crippen molar-refractivity contribution in [3.8, 4) is 6.07 Å². The third-order valence-corrected chi connectivity index (χ3v) is 3.96. The molecule has 0 aliphatic heterocycles. The van der Waals surface area contributed by atoms with Crippen molar-refractivity contribution in [2.24, 2.45) is 5.92 Å². The lowest BCUT2D eigenvalue weighted by atomic mass is 9.86. The summed E-state index contributed by atoms with van der Waals surface area (Å²) in [5, 5.41) is 15.2. The molecule has 0 saturated carbocycles. The number of hydrogen-bond donors (Lipinski definition) is 2. The summed E-state index contributed by atoms with van der Waals surface area (Å²) in [4.78, 5) is 12.1.